The summed E-state index contributed by atoms with van der Waals surface area (Å²) in [4.78, 5) is 15.9. The van der Waals surface area contributed by atoms with Crippen LogP contribution in [0.3, 0.4) is 0 Å². The normalized spacial score (nSPS) is 24.5. The lowest BCUT2D eigenvalue weighted by molar-refractivity contribution is 0.110. The molecule has 4 heteroatoms. The molecule has 1 heterocycles. The largest absolute Gasteiger partial charge is 0.341 e. The molecule has 0 bridgehead atoms. The van der Waals surface area contributed by atoms with Gasteiger partial charge in [-0.15, -0.1) is 0 Å². The van der Waals surface area contributed by atoms with Gasteiger partial charge in [0.1, 0.15) is 0 Å². The molecule has 1 saturated carbocycles. The van der Waals surface area contributed by atoms with Crippen molar-refractivity contribution < 1.29 is 4.79 Å². The first-order valence-corrected chi connectivity index (χ1v) is 6.02. The Morgan fingerprint density at radius 3 is 2.27 bits per heavy atom. The Labute approximate surface area is 91.6 Å². The molecule has 0 aromatic carbocycles. The Hall–Kier alpha value is -0.770. The highest BCUT2D eigenvalue weighted by Gasteiger charge is 2.27. The van der Waals surface area contributed by atoms with Crippen molar-refractivity contribution in [3.05, 3.63) is 0 Å². The van der Waals surface area contributed by atoms with Gasteiger partial charge in [0.05, 0.1) is 0 Å². The first kappa shape index (κ1) is 10.7. The zero-order valence-electron chi connectivity index (χ0n) is 9.54. The maximum atomic E-state index is 11.4. The third-order valence-electron chi connectivity index (χ3n) is 3.66. The molecule has 0 aromatic heterocycles. The number of hydrogen-bond donors (Lipinski definition) is 1. The lowest BCUT2D eigenvalue weighted by Gasteiger charge is -2.37. The minimum Gasteiger partial charge on any atom is -0.341 e. The number of carbonyl (C=O) groups is 1. The van der Waals surface area contributed by atoms with Gasteiger partial charge in [-0.2, -0.15) is 0 Å². The molecule has 4 nitrogen and oxygen atoms in total. The van der Waals surface area contributed by atoms with Gasteiger partial charge in [-0.05, 0) is 12.8 Å². The smallest absolute Gasteiger partial charge is 0.317 e. The Morgan fingerprint density at radius 1 is 1.13 bits per heavy atom. The summed E-state index contributed by atoms with van der Waals surface area (Å²) in [5, 5.41) is 2.69. The predicted octanol–water partition coefficient (Wildman–Crippen LogP) is 0.886. The fourth-order valence-electron chi connectivity index (χ4n) is 2.72. The Bertz CT molecular complexity index is 218. The van der Waals surface area contributed by atoms with Crippen LogP contribution in [-0.2, 0) is 0 Å². The van der Waals surface area contributed by atoms with Gasteiger partial charge in [-0.25, -0.2) is 4.79 Å². The Balaban J connectivity index is 1.78. The second-order valence-electron chi connectivity index (χ2n) is 4.52. The highest BCUT2D eigenvalue weighted by atomic mass is 16.2. The summed E-state index contributed by atoms with van der Waals surface area (Å²) in [7, 11) is 1.70. The molecule has 0 radical (unpaired) electrons. The van der Waals surface area contributed by atoms with Gasteiger partial charge < -0.3 is 10.2 Å². The van der Waals surface area contributed by atoms with Crippen LogP contribution in [-0.4, -0.2) is 55.1 Å². The summed E-state index contributed by atoms with van der Waals surface area (Å²) < 4.78 is 0. The molecular weight excluding hydrogens is 190 g/mol. The maximum absolute atomic E-state index is 11.4. The number of amides is 2. The Kier molecular flexibility index (Phi) is 3.46. The van der Waals surface area contributed by atoms with E-state index >= 15 is 0 Å². The van der Waals surface area contributed by atoms with Crippen LogP contribution < -0.4 is 5.32 Å². The molecule has 0 atom stereocenters. The fraction of sp³-hybridized carbons (Fsp3) is 0.909. The number of piperazine rings is 1. The monoisotopic (exact) mass is 211 g/mol. The van der Waals surface area contributed by atoms with E-state index in [0.29, 0.717) is 0 Å². The molecule has 1 aliphatic carbocycles. The first-order chi connectivity index (χ1) is 7.31. The molecule has 1 saturated heterocycles. The molecule has 1 N–H and O–H groups in total. The second-order valence-corrected chi connectivity index (χ2v) is 4.52. The minimum absolute atomic E-state index is 0.0704. The quantitative estimate of drug-likeness (QED) is 0.699. The molecule has 1 aliphatic heterocycles. The number of rotatable bonds is 1. The average Bonchev–Trinajstić information content (AvgIpc) is 2.82. The van der Waals surface area contributed by atoms with E-state index in [9.17, 15) is 4.79 Å². The number of nitrogens with one attached hydrogen (secondary N) is 1. The van der Waals surface area contributed by atoms with Crippen LogP contribution in [0.15, 0.2) is 0 Å². The third kappa shape index (κ3) is 2.43. The minimum atomic E-state index is 0.0704. The third-order valence-corrected chi connectivity index (χ3v) is 3.66. The van der Waals surface area contributed by atoms with Crippen molar-refractivity contribution in [2.75, 3.05) is 33.2 Å². The van der Waals surface area contributed by atoms with Crippen LogP contribution in [0.1, 0.15) is 25.7 Å². The summed E-state index contributed by atoms with van der Waals surface area (Å²) in [5.74, 6) is 0. The van der Waals surface area contributed by atoms with Gasteiger partial charge >= 0.3 is 6.03 Å². The van der Waals surface area contributed by atoms with E-state index in [2.05, 4.69) is 10.2 Å². The van der Waals surface area contributed by atoms with Gasteiger partial charge in [0.25, 0.3) is 0 Å². The molecule has 0 unspecified atom stereocenters. The van der Waals surface area contributed by atoms with Gasteiger partial charge in [-0.1, -0.05) is 12.8 Å². The highest BCUT2D eigenvalue weighted by molar-refractivity contribution is 5.73. The summed E-state index contributed by atoms with van der Waals surface area (Å²) in [5.41, 5.74) is 0. The van der Waals surface area contributed by atoms with Crippen LogP contribution in [0.2, 0.25) is 0 Å². The lowest BCUT2D eigenvalue weighted by Crippen LogP contribution is -2.53. The molecule has 2 aliphatic rings. The molecular formula is C11H21N3O. The number of carbonyl (C=O) groups excluding carboxylic acids is 1. The van der Waals surface area contributed by atoms with E-state index in [0.717, 1.165) is 32.2 Å². The zero-order chi connectivity index (χ0) is 10.7. The van der Waals surface area contributed by atoms with Crippen molar-refractivity contribution in [3.8, 4) is 0 Å². The van der Waals surface area contributed by atoms with E-state index in [1.165, 1.54) is 25.7 Å². The van der Waals surface area contributed by atoms with Crippen LogP contribution >= 0.6 is 0 Å². The molecule has 2 rings (SSSR count). The van der Waals surface area contributed by atoms with Gasteiger partial charge in [-0.3, -0.25) is 4.90 Å². The summed E-state index contributed by atoms with van der Waals surface area (Å²) in [6.07, 6.45) is 5.50. The summed E-state index contributed by atoms with van der Waals surface area (Å²) in [6, 6.07) is 0.873. The topological polar surface area (TPSA) is 35.6 Å². The van der Waals surface area contributed by atoms with E-state index in [4.69, 9.17) is 0 Å². The van der Waals surface area contributed by atoms with Crippen LogP contribution in [0.25, 0.3) is 0 Å². The number of nitrogens with zero attached hydrogens (tertiary/aromatic N) is 2. The van der Waals surface area contributed by atoms with Crippen LogP contribution in [0.4, 0.5) is 4.79 Å². The summed E-state index contributed by atoms with van der Waals surface area (Å²) >= 11 is 0. The second kappa shape index (κ2) is 4.84. The fourth-order valence-corrected chi connectivity index (χ4v) is 2.72. The van der Waals surface area contributed by atoms with Crippen molar-refractivity contribution in [2.24, 2.45) is 0 Å². The van der Waals surface area contributed by atoms with Gasteiger partial charge in [0.15, 0.2) is 0 Å². The first-order valence-electron chi connectivity index (χ1n) is 6.02. The zero-order valence-corrected chi connectivity index (χ0v) is 9.54. The number of hydrogen-bond acceptors (Lipinski definition) is 2. The molecule has 2 fully saturated rings. The van der Waals surface area contributed by atoms with Gasteiger partial charge in [0, 0.05) is 39.3 Å². The lowest BCUT2D eigenvalue weighted by atomic mass is 10.2. The van der Waals surface area contributed by atoms with E-state index in [1.807, 2.05) is 4.90 Å². The van der Waals surface area contributed by atoms with Crippen molar-refractivity contribution in [2.45, 2.75) is 31.7 Å². The molecule has 15 heavy (non-hydrogen) atoms. The maximum Gasteiger partial charge on any atom is 0.317 e. The van der Waals surface area contributed by atoms with Crippen molar-refractivity contribution in [3.63, 3.8) is 0 Å². The standard InChI is InChI=1S/C11H21N3O/c1-12-11(15)14-8-6-13(7-9-14)10-4-2-3-5-10/h10H,2-9H2,1H3,(H,12,15). The molecule has 86 valence electrons. The van der Waals surface area contributed by atoms with E-state index in [-0.39, 0.29) is 6.03 Å². The van der Waals surface area contributed by atoms with Crippen LogP contribution in [0.5, 0.6) is 0 Å². The van der Waals surface area contributed by atoms with Crippen molar-refractivity contribution >= 4 is 6.03 Å². The highest BCUT2D eigenvalue weighted by Crippen LogP contribution is 2.24. The SMILES string of the molecule is CNC(=O)N1CCN(C2CCCC2)CC1. The molecule has 0 aromatic rings. The molecule has 2 amide bonds. The summed E-state index contributed by atoms with van der Waals surface area (Å²) in [6.45, 7) is 3.88. The Morgan fingerprint density at radius 2 is 1.73 bits per heavy atom. The van der Waals surface area contributed by atoms with Crippen molar-refractivity contribution in [1.82, 2.24) is 15.1 Å². The average molecular weight is 211 g/mol. The van der Waals surface area contributed by atoms with Gasteiger partial charge in [0.2, 0.25) is 0 Å². The van der Waals surface area contributed by atoms with E-state index in [1.54, 1.807) is 7.05 Å². The van der Waals surface area contributed by atoms with Crippen LogP contribution in [0, 0.1) is 0 Å². The van der Waals surface area contributed by atoms with Crippen molar-refractivity contribution in [1.29, 1.82) is 0 Å². The van der Waals surface area contributed by atoms with E-state index < -0.39 is 0 Å². The predicted molar refractivity (Wildman–Crippen MR) is 59.9 cm³/mol. The number of urea groups is 1. The molecule has 0 spiro atoms.